The third-order valence-corrected chi connectivity index (χ3v) is 6.04. The van der Waals surface area contributed by atoms with E-state index < -0.39 is 0 Å². The van der Waals surface area contributed by atoms with E-state index in [1.807, 2.05) is 66.4 Å². The van der Waals surface area contributed by atoms with Gasteiger partial charge < -0.3 is 15.1 Å². The Bertz CT molecular complexity index is 1040. The molecule has 0 atom stereocenters. The summed E-state index contributed by atoms with van der Waals surface area (Å²) < 4.78 is 0. The molecule has 0 bridgehead atoms. The first-order chi connectivity index (χ1) is 15.1. The minimum atomic E-state index is -0.232. The van der Waals surface area contributed by atoms with Crippen LogP contribution in [0.4, 0.5) is 10.8 Å². The highest BCUT2D eigenvalue weighted by Crippen LogP contribution is 2.23. The summed E-state index contributed by atoms with van der Waals surface area (Å²) in [6.45, 7) is 4.01. The maximum Gasteiger partial charge on any atom is 0.274 e. The zero-order valence-corrected chi connectivity index (χ0v) is 18.4. The van der Waals surface area contributed by atoms with Crippen molar-refractivity contribution in [3.8, 4) is 0 Å². The van der Waals surface area contributed by atoms with E-state index in [2.05, 4.69) is 10.3 Å². The van der Waals surface area contributed by atoms with Gasteiger partial charge in [-0.25, -0.2) is 4.98 Å². The minimum absolute atomic E-state index is 0.00452. The lowest BCUT2D eigenvalue weighted by molar-refractivity contribution is -0.130. The van der Waals surface area contributed by atoms with Crippen molar-refractivity contribution >= 4 is 34.0 Å². The molecule has 3 aromatic rings. The van der Waals surface area contributed by atoms with Gasteiger partial charge in [-0.3, -0.25) is 9.59 Å². The number of nitrogens with one attached hydrogen (secondary N) is 1. The first-order valence-electron chi connectivity index (χ1n) is 10.5. The number of likely N-dealkylation sites (tertiary alicyclic amines) is 1. The van der Waals surface area contributed by atoms with E-state index in [1.54, 1.807) is 10.3 Å². The maximum atomic E-state index is 13.3. The van der Waals surface area contributed by atoms with Gasteiger partial charge in [0.25, 0.3) is 5.91 Å². The number of aromatic nitrogens is 1. The molecule has 1 N–H and O–H groups in total. The van der Waals surface area contributed by atoms with Crippen molar-refractivity contribution < 1.29 is 9.59 Å². The Morgan fingerprint density at radius 1 is 1.10 bits per heavy atom. The van der Waals surface area contributed by atoms with Gasteiger partial charge in [-0.15, -0.1) is 11.3 Å². The number of aryl methyl sites for hydroxylation is 1. The first kappa shape index (κ1) is 21.1. The Balaban J connectivity index is 1.50. The second-order valence-electron chi connectivity index (χ2n) is 7.77. The lowest BCUT2D eigenvalue weighted by Crippen LogP contribution is -2.41. The Morgan fingerprint density at radius 2 is 1.87 bits per heavy atom. The highest BCUT2D eigenvalue weighted by atomic mass is 32.1. The highest BCUT2D eigenvalue weighted by molar-refractivity contribution is 7.14. The number of hydrogen-bond donors (Lipinski definition) is 1. The molecule has 0 radical (unpaired) electrons. The smallest absolute Gasteiger partial charge is 0.274 e. The molecule has 0 saturated carbocycles. The Hall–Kier alpha value is -3.19. The van der Waals surface area contributed by atoms with Crippen molar-refractivity contribution in [1.29, 1.82) is 0 Å². The third kappa shape index (κ3) is 5.49. The second-order valence-corrected chi connectivity index (χ2v) is 8.63. The topological polar surface area (TPSA) is 65.5 Å². The minimum Gasteiger partial charge on any atom is -0.341 e. The molecule has 0 unspecified atom stereocenters. The molecule has 1 fully saturated rings. The second kappa shape index (κ2) is 9.75. The van der Waals surface area contributed by atoms with Gasteiger partial charge in [-0.05, 0) is 43.0 Å². The molecule has 0 aliphatic carbocycles. The SMILES string of the molecule is Cc1cccc(Nc2nc(C(=O)N(CC(=O)N3CCCC3)Cc3ccccc3)cs2)c1. The number of benzene rings is 2. The quantitative estimate of drug-likeness (QED) is 0.596. The Morgan fingerprint density at radius 3 is 2.61 bits per heavy atom. The third-order valence-electron chi connectivity index (χ3n) is 5.28. The number of carbonyl (C=O) groups is 2. The summed E-state index contributed by atoms with van der Waals surface area (Å²) in [5.74, 6) is -0.236. The van der Waals surface area contributed by atoms with Crippen LogP contribution in [0.3, 0.4) is 0 Å². The van der Waals surface area contributed by atoms with Crippen LogP contribution in [-0.2, 0) is 11.3 Å². The van der Waals surface area contributed by atoms with Crippen LogP contribution in [0.25, 0.3) is 0 Å². The largest absolute Gasteiger partial charge is 0.341 e. The van der Waals surface area contributed by atoms with Crippen LogP contribution in [0.15, 0.2) is 60.0 Å². The molecule has 31 heavy (non-hydrogen) atoms. The first-order valence-corrected chi connectivity index (χ1v) is 11.4. The lowest BCUT2D eigenvalue weighted by Gasteiger charge is -2.24. The lowest BCUT2D eigenvalue weighted by atomic mass is 10.2. The zero-order valence-electron chi connectivity index (χ0n) is 17.6. The van der Waals surface area contributed by atoms with Gasteiger partial charge in [0.1, 0.15) is 12.2 Å². The zero-order chi connectivity index (χ0) is 21.6. The van der Waals surface area contributed by atoms with E-state index in [1.165, 1.54) is 11.3 Å². The summed E-state index contributed by atoms with van der Waals surface area (Å²) >= 11 is 1.38. The molecule has 2 heterocycles. The normalized spacial score (nSPS) is 13.3. The molecule has 1 aromatic heterocycles. The molecule has 2 aromatic carbocycles. The molecule has 1 aliphatic rings. The molecule has 7 heteroatoms. The number of rotatable bonds is 7. The van der Waals surface area contributed by atoms with E-state index >= 15 is 0 Å². The molecule has 0 spiro atoms. The summed E-state index contributed by atoms with van der Waals surface area (Å²) in [5, 5.41) is 5.66. The summed E-state index contributed by atoms with van der Waals surface area (Å²) in [4.78, 5) is 34.0. The number of anilines is 2. The number of amides is 2. The van der Waals surface area contributed by atoms with Crippen LogP contribution in [-0.4, -0.2) is 46.2 Å². The average Bonchev–Trinajstić information content (AvgIpc) is 3.46. The van der Waals surface area contributed by atoms with E-state index in [-0.39, 0.29) is 18.4 Å². The van der Waals surface area contributed by atoms with Crippen molar-refractivity contribution in [3.63, 3.8) is 0 Å². The average molecular weight is 435 g/mol. The molecular formula is C24H26N4O2S. The molecule has 160 valence electrons. The summed E-state index contributed by atoms with van der Waals surface area (Å²) in [5.41, 5.74) is 3.41. The van der Waals surface area contributed by atoms with Crippen LogP contribution in [0.1, 0.15) is 34.5 Å². The number of hydrogen-bond acceptors (Lipinski definition) is 5. The Kier molecular flexibility index (Phi) is 6.62. The Labute approximate surface area is 186 Å². The van der Waals surface area contributed by atoms with Gasteiger partial charge >= 0.3 is 0 Å². The van der Waals surface area contributed by atoms with Gasteiger partial charge in [0.05, 0.1) is 0 Å². The monoisotopic (exact) mass is 434 g/mol. The van der Waals surface area contributed by atoms with Gasteiger partial charge in [0, 0.05) is 30.7 Å². The molecular weight excluding hydrogens is 408 g/mol. The van der Waals surface area contributed by atoms with E-state index in [0.717, 1.165) is 42.7 Å². The maximum absolute atomic E-state index is 13.3. The number of carbonyl (C=O) groups excluding carboxylic acids is 2. The van der Waals surface area contributed by atoms with Crippen molar-refractivity contribution in [2.45, 2.75) is 26.3 Å². The molecule has 2 amide bonds. The van der Waals surface area contributed by atoms with Gasteiger partial charge in [0.2, 0.25) is 5.91 Å². The fourth-order valence-electron chi connectivity index (χ4n) is 3.67. The van der Waals surface area contributed by atoms with Gasteiger partial charge in [-0.2, -0.15) is 0 Å². The molecule has 4 rings (SSSR count). The fraction of sp³-hybridized carbons (Fsp3) is 0.292. The summed E-state index contributed by atoms with van der Waals surface area (Å²) in [6.07, 6.45) is 2.05. The van der Waals surface area contributed by atoms with Crippen molar-refractivity contribution in [2.24, 2.45) is 0 Å². The van der Waals surface area contributed by atoms with Gasteiger partial charge in [0.15, 0.2) is 5.13 Å². The van der Waals surface area contributed by atoms with Crippen molar-refractivity contribution in [2.75, 3.05) is 25.0 Å². The van der Waals surface area contributed by atoms with Crippen molar-refractivity contribution in [1.82, 2.24) is 14.8 Å². The molecule has 6 nitrogen and oxygen atoms in total. The van der Waals surface area contributed by atoms with Crippen LogP contribution in [0.5, 0.6) is 0 Å². The predicted molar refractivity (Wildman–Crippen MR) is 124 cm³/mol. The van der Waals surface area contributed by atoms with Crippen molar-refractivity contribution in [3.05, 3.63) is 76.8 Å². The summed E-state index contributed by atoms with van der Waals surface area (Å²) in [6, 6.07) is 17.7. The number of thiazole rings is 1. The molecule has 1 aliphatic heterocycles. The number of nitrogens with zero attached hydrogens (tertiary/aromatic N) is 3. The predicted octanol–water partition coefficient (Wildman–Crippen LogP) is 4.46. The van der Waals surface area contributed by atoms with E-state index in [9.17, 15) is 9.59 Å². The summed E-state index contributed by atoms with van der Waals surface area (Å²) in [7, 11) is 0. The van der Waals surface area contributed by atoms with E-state index in [4.69, 9.17) is 0 Å². The fourth-order valence-corrected chi connectivity index (χ4v) is 4.38. The van der Waals surface area contributed by atoms with Crippen LogP contribution in [0.2, 0.25) is 0 Å². The van der Waals surface area contributed by atoms with E-state index in [0.29, 0.717) is 17.4 Å². The molecule has 1 saturated heterocycles. The standard InChI is InChI=1S/C24H26N4O2S/c1-18-8-7-11-20(14-18)25-24-26-21(17-31-24)23(30)28(15-19-9-3-2-4-10-19)16-22(29)27-12-5-6-13-27/h2-4,7-11,14,17H,5-6,12-13,15-16H2,1H3,(H,25,26). The highest BCUT2D eigenvalue weighted by Gasteiger charge is 2.25. The van der Waals surface area contributed by atoms with Crippen LogP contribution >= 0.6 is 11.3 Å². The van der Waals surface area contributed by atoms with Gasteiger partial charge in [-0.1, -0.05) is 42.5 Å². The van der Waals surface area contributed by atoms with Crippen LogP contribution in [0, 0.1) is 6.92 Å². The van der Waals surface area contributed by atoms with Crippen LogP contribution < -0.4 is 5.32 Å².